The summed E-state index contributed by atoms with van der Waals surface area (Å²) in [5, 5.41) is 6.94. The zero-order valence-electron chi connectivity index (χ0n) is 17.7. The van der Waals surface area contributed by atoms with Crippen LogP contribution in [-0.2, 0) is 4.79 Å². The maximum absolute atomic E-state index is 13.2. The SMILES string of the molecule is CCC(C)C1NC2=C(CCCN=C(N)N)N=C(C3CNc4ccccc43)CN2C1=O. The van der Waals surface area contributed by atoms with Gasteiger partial charge in [-0.1, -0.05) is 38.5 Å². The summed E-state index contributed by atoms with van der Waals surface area (Å²) in [6.07, 6.45) is 2.42. The number of anilines is 1. The first-order valence-electron chi connectivity index (χ1n) is 10.8. The van der Waals surface area contributed by atoms with E-state index in [-0.39, 0.29) is 29.7 Å². The number of allylic oxidation sites excluding steroid dienone is 1. The molecule has 0 spiro atoms. The molecule has 0 saturated carbocycles. The number of nitrogens with two attached hydrogens (primary N) is 2. The lowest BCUT2D eigenvalue weighted by Gasteiger charge is -2.27. The number of nitrogens with one attached hydrogen (secondary N) is 2. The highest BCUT2D eigenvalue weighted by Crippen LogP contribution is 2.36. The Morgan fingerprint density at radius 1 is 1.37 bits per heavy atom. The summed E-state index contributed by atoms with van der Waals surface area (Å²) in [4.78, 5) is 24.3. The summed E-state index contributed by atoms with van der Waals surface area (Å²) >= 11 is 0. The molecule has 3 atom stereocenters. The molecule has 3 aliphatic heterocycles. The van der Waals surface area contributed by atoms with Crippen LogP contribution in [0.1, 0.15) is 44.6 Å². The molecule has 30 heavy (non-hydrogen) atoms. The van der Waals surface area contributed by atoms with Crippen molar-refractivity contribution >= 4 is 23.3 Å². The number of rotatable bonds is 7. The van der Waals surface area contributed by atoms with Gasteiger partial charge < -0.3 is 22.1 Å². The third-order valence-corrected chi connectivity index (χ3v) is 6.28. The first-order chi connectivity index (χ1) is 14.5. The number of carbonyl (C=O) groups is 1. The highest BCUT2D eigenvalue weighted by atomic mass is 16.2. The predicted molar refractivity (Wildman–Crippen MR) is 120 cm³/mol. The number of para-hydroxylation sites is 1. The van der Waals surface area contributed by atoms with Crippen LogP contribution >= 0.6 is 0 Å². The van der Waals surface area contributed by atoms with Crippen molar-refractivity contribution in [1.82, 2.24) is 10.2 Å². The molecule has 160 valence electrons. The topological polar surface area (TPSA) is 121 Å². The second-order valence-corrected chi connectivity index (χ2v) is 8.26. The summed E-state index contributed by atoms with van der Waals surface area (Å²) in [7, 11) is 0. The minimum absolute atomic E-state index is 0.0988. The van der Waals surface area contributed by atoms with E-state index in [1.54, 1.807) is 0 Å². The predicted octanol–water partition coefficient (Wildman–Crippen LogP) is 1.72. The normalized spacial score (nSPS) is 23.3. The van der Waals surface area contributed by atoms with Gasteiger partial charge in [0.05, 0.1) is 12.2 Å². The van der Waals surface area contributed by atoms with E-state index in [0.717, 1.165) is 42.3 Å². The Morgan fingerprint density at radius 3 is 2.93 bits per heavy atom. The Hall–Kier alpha value is -3.03. The Labute approximate surface area is 177 Å². The van der Waals surface area contributed by atoms with Crippen molar-refractivity contribution in [1.29, 1.82) is 0 Å². The summed E-state index contributed by atoms with van der Waals surface area (Å²) in [5.41, 5.74) is 15.3. The quantitative estimate of drug-likeness (QED) is 0.310. The summed E-state index contributed by atoms with van der Waals surface area (Å²) < 4.78 is 0. The van der Waals surface area contributed by atoms with Gasteiger partial charge >= 0.3 is 0 Å². The molecule has 3 aliphatic rings. The largest absolute Gasteiger partial charge is 0.384 e. The van der Waals surface area contributed by atoms with E-state index in [9.17, 15) is 4.79 Å². The number of guanidine groups is 1. The fraction of sp³-hybridized carbons (Fsp3) is 0.500. The Bertz CT molecular complexity index is 916. The van der Waals surface area contributed by atoms with Gasteiger partial charge in [0.25, 0.3) is 5.91 Å². The average Bonchev–Trinajstić information content (AvgIpc) is 3.32. The summed E-state index contributed by atoms with van der Waals surface area (Å²) in [6, 6.07) is 8.14. The van der Waals surface area contributed by atoms with Crippen LogP contribution in [0.3, 0.4) is 0 Å². The molecule has 6 N–H and O–H groups in total. The molecule has 1 saturated heterocycles. The van der Waals surface area contributed by atoms with E-state index in [4.69, 9.17) is 16.5 Å². The van der Waals surface area contributed by atoms with Crippen molar-refractivity contribution in [3.63, 3.8) is 0 Å². The minimum atomic E-state index is -0.193. The van der Waals surface area contributed by atoms with Crippen LogP contribution in [0.25, 0.3) is 0 Å². The van der Waals surface area contributed by atoms with Crippen molar-refractivity contribution < 1.29 is 4.79 Å². The van der Waals surface area contributed by atoms with E-state index < -0.39 is 0 Å². The third kappa shape index (κ3) is 3.74. The number of carbonyl (C=O) groups excluding carboxylic acids is 1. The molecule has 0 bridgehead atoms. The third-order valence-electron chi connectivity index (χ3n) is 6.28. The van der Waals surface area contributed by atoms with Crippen LogP contribution in [-0.4, -0.2) is 48.2 Å². The zero-order valence-corrected chi connectivity index (χ0v) is 17.7. The van der Waals surface area contributed by atoms with Gasteiger partial charge in [-0.25, -0.2) is 0 Å². The van der Waals surface area contributed by atoms with Gasteiger partial charge in [-0.15, -0.1) is 0 Å². The number of hydrogen-bond acceptors (Lipinski definition) is 5. The number of nitrogens with zero attached hydrogens (tertiary/aromatic N) is 3. The van der Waals surface area contributed by atoms with Gasteiger partial charge in [0.2, 0.25) is 0 Å². The maximum Gasteiger partial charge on any atom is 0.251 e. The highest BCUT2D eigenvalue weighted by molar-refractivity contribution is 6.01. The molecule has 1 aromatic carbocycles. The zero-order chi connectivity index (χ0) is 21.3. The lowest BCUT2D eigenvalue weighted by atomic mass is 9.94. The molecule has 1 fully saturated rings. The summed E-state index contributed by atoms with van der Waals surface area (Å²) in [6.45, 7) is 6.11. The van der Waals surface area contributed by atoms with Gasteiger partial charge in [-0.05, 0) is 30.4 Å². The van der Waals surface area contributed by atoms with E-state index in [1.807, 2.05) is 11.0 Å². The summed E-state index contributed by atoms with van der Waals surface area (Å²) in [5.74, 6) is 1.54. The second-order valence-electron chi connectivity index (χ2n) is 8.26. The lowest BCUT2D eigenvalue weighted by molar-refractivity contribution is -0.128. The number of benzene rings is 1. The van der Waals surface area contributed by atoms with E-state index in [2.05, 4.69) is 47.7 Å². The minimum Gasteiger partial charge on any atom is -0.384 e. The Balaban J connectivity index is 1.63. The van der Waals surface area contributed by atoms with E-state index in [0.29, 0.717) is 19.5 Å². The molecule has 3 unspecified atom stereocenters. The van der Waals surface area contributed by atoms with Crippen LogP contribution in [0.4, 0.5) is 5.69 Å². The highest BCUT2D eigenvalue weighted by Gasteiger charge is 2.43. The first kappa shape index (κ1) is 20.3. The molecule has 1 aromatic rings. The van der Waals surface area contributed by atoms with Gasteiger partial charge in [0.15, 0.2) is 5.96 Å². The molecular weight excluding hydrogens is 378 g/mol. The van der Waals surface area contributed by atoms with Crippen LogP contribution in [0.5, 0.6) is 0 Å². The molecule has 3 heterocycles. The number of aliphatic imine (C=N–C) groups is 2. The second kappa shape index (κ2) is 8.38. The van der Waals surface area contributed by atoms with Gasteiger partial charge in [0, 0.05) is 30.4 Å². The number of amides is 1. The van der Waals surface area contributed by atoms with Crippen molar-refractivity contribution in [3.05, 3.63) is 41.3 Å². The molecule has 8 nitrogen and oxygen atoms in total. The maximum atomic E-state index is 13.2. The fourth-order valence-electron chi connectivity index (χ4n) is 4.40. The molecule has 0 radical (unpaired) electrons. The Morgan fingerprint density at radius 2 is 2.17 bits per heavy atom. The van der Waals surface area contributed by atoms with Crippen LogP contribution in [0.2, 0.25) is 0 Å². The van der Waals surface area contributed by atoms with Gasteiger partial charge in [-0.3, -0.25) is 19.7 Å². The average molecular weight is 410 g/mol. The van der Waals surface area contributed by atoms with E-state index in [1.165, 1.54) is 5.56 Å². The molecule has 0 aliphatic carbocycles. The number of hydrogen-bond donors (Lipinski definition) is 4. The van der Waals surface area contributed by atoms with Crippen LogP contribution in [0, 0.1) is 5.92 Å². The van der Waals surface area contributed by atoms with Gasteiger partial charge in [0.1, 0.15) is 11.9 Å². The number of fused-ring (bicyclic) bond motifs is 2. The van der Waals surface area contributed by atoms with Crippen LogP contribution in [0.15, 0.2) is 45.8 Å². The lowest BCUT2D eigenvalue weighted by Crippen LogP contribution is -2.39. The standard InChI is InChI=1S/C22H31N7O/c1-3-13(2)19-21(30)29-12-18(15-11-26-16-8-5-4-7-14(15)16)27-17(20(29)28-19)9-6-10-25-22(23)24/h4-5,7-8,13,15,19,26,28H,3,6,9-12H2,1-2H3,(H4,23,24,25). The first-order valence-corrected chi connectivity index (χ1v) is 10.8. The molecule has 4 rings (SSSR count). The molecule has 1 amide bonds. The fourth-order valence-corrected chi connectivity index (χ4v) is 4.40. The van der Waals surface area contributed by atoms with Crippen molar-refractivity contribution in [2.45, 2.75) is 45.1 Å². The Kier molecular flexibility index (Phi) is 5.65. The van der Waals surface area contributed by atoms with Crippen molar-refractivity contribution in [2.24, 2.45) is 27.4 Å². The van der Waals surface area contributed by atoms with Gasteiger partial charge in [-0.2, -0.15) is 0 Å². The molecule has 0 aromatic heterocycles. The molecular formula is C22H31N7O. The monoisotopic (exact) mass is 409 g/mol. The van der Waals surface area contributed by atoms with Crippen molar-refractivity contribution in [3.8, 4) is 0 Å². The molecule has 8 heteroatoms. The smallest absolute Gasteiger partial charge is 0.251 e. The van der Waals surface area contributed by atoms with Crippen molar-refractivity contribution in [2.75, 3.05) is 25.0 Å². The van der Waals surface area contributed by atoms with E-state index >= 15 is 0 Å². The van der Waals surface area contributed by atoms with Crippen LogP contribution < -0.4 is 22.1 Å².